The zero-order chi connectivity index (χ0) is 19.8. The number of pyridine rings is 1. The van der Waals surface area contributed by atoms with Gasteiger partial charge < -0.3 is 4.90 Å². The zero-order valence-corrected chi connectivity index (χ0v) is 17.3. The molecular weight excluding hydrogens is 405 g/mol. The molecule has 1 aliphatic rings. The van der Waals surface area contributed by atoms with Crippen LogP contribution in [0.4, 0.5) is 10.2 Å². The van der Waals surface area contributed by atoms with Gasteiger partial charge in [-0.05, 0) is 53.8 Å². The molecule has 29 heavy (non-hydrogen) atoms. The molecule has 2 aromatic carbocycles. The number of thiazole rings is 1. The summed E-state index contributed by atoms with van der Waals surface area (Å²) in [6.07, 6.45) is 4.79. The summed E-state index contributed by atoms with van der Waals surface area (Å²) < 4.78 is 16.6. The third kappa shape index (κ3) is 3.61. The van der Waals surface area contributed by atoms with E-state index in [2.05, 4.69) is 20.9 Å². The van der Waals surface area contributed by atoms with Crippen LogP contribution in [-0.4, -0.2) is 23.1 Å². The third-order valence-corrected chi connectivity index (χ3v) is 6.40. The van der Waals surface area contributed by atoms with Crippen molar-refractivity contribution in [3.05, 3.63) is 76.1 Å². The van der Waals surface area contributed by atoms with E-state index in [9.17, 15) is 0 Å². The number of nitrogens with zero attached hydrogens (tertiary/aromatic N) is 3. The minimum atomic E-state index is -0.241. The lowest BCUT2D eigenvalue weighted by Gasteiger charge is -2.16. The fourth-order valence-electron chi connectivity index (χ4n) is 3.94. The minimum Gasteiger partial charge on any atom is -0.357 e. The molecule has 146 valence electrons. The maximum atomic E-state index is 15.6. The van der Waals surface area contributed by atoms with E-state index in [1.165, 1.54) is 24.2 Å². The predicted molar refractivity (Wildman–Crippen MR) is 119 cm³/mol. The van der Waals surface area contributed by atoms with Gasteiger partial charge in [-0.1, -0.05) is 29.8 Å². The van der Waals surface area contributed by atoms with Crippen LogP contribution < -0.4 is 4.90 Å². The Morgan fingerprint density at radius 2 is 1.93 bits per heavy atom. The van der Waals surface area contributed by atoms with Crippen molar-refractivity contribution in [2.75, 3.05) is 18.0 Å². The molecule has 0 N–H and O–H groups in total. The van der Waals surface area contributed by atoms with E-state index < -0.39 is 0 Å². The van der Waals surface area contributed by atoms with Crippen LogP contribution in [0.1, 0.15) is 24.0 Å². The summed E-state index contributed by atoms with van der Waals surface area (Å²) in [6.45, 7) is 2.12. The molecule has 4 aromatic rings. The first-order valence-electron chi connectivity index (χ1n) is 9.69. The SMILES string of the molecule is Fc1c(Cc2ccc(N3CCCC3)nc2)cc2scnc2c1-c1cccc(Cl)c1. The normalized spacial score (nSPS) is 14.1. The lowest BCUT2D eigenvalue weighted by Crippen LogP contribution is -2.18. The molecule has 1 aliphatic heterocycles. The molecule has 5 rings (SSSR count). The van der Waals surface area contributed by atoms with Gasteiger partial charge in [0.1, 0.15) is 11.6 Å². The first kappa shape index (κ1) is 18.5. The van der Waals surface area contributed by atoms with E-state index in [0.717, 1.165) is 34.7 Å². The van der Waals surface area contributed by atoms with Crippen LogP contribution in [0.25, 0.3) is 21.3 Å². The van der Waals surface area contributed by atoms with Crippen molar-refractivity contribution in [1.29, 1.82) is 0 Å². The smallest absolute Gasteiger partial charge is 0.136 e. The summed E-state index contributed by atoms with van der Waals surface area (Å²) in [7, 11) is 0. The molecule has 0 spiro atoms. The van der Waals surface area contributed by atoms with Gasteiger partial charge in [0.25, 0.3) is 0 Å². The molecule has 0 unspecified atom stereocenters. The Morgan fingerprint density at radius 1 is 1.07 bits per heavy atom. The molecule has 3 nitrogen and oxygen atoms in total. The van der Waals surface area contributed by atoms with Gasteiger partial charge in [-0.15, -0.1) is 11.3 Å². The summed E-state index contributed by atoms with van der Waals surface area (Å²) >= 11 is 7.68. The molecule has 0 aliphatic carbocycles. The monoisotopic (exact) mass is 423 g/mol. The fraction of sp³-hybridized carbons (Fsp3) is 0.217. The Hall–Kier alpha value is -2.50. The van der Waals surface area contributed by atoms with Crippen LogP contribution in [0, 0.1) is 5.82 Å². The highest BCUT2D eigenvalue weighted by Gasteiger charge is 2.18. The van der Waals surface area contributed by atoms with Crippen LogP contribution in [-0.2, 0) is 6.42 Å². The second-order valence-corrected chi connectivity index (χ2v) is 8.65. The Bertz CT molecular complexity index is 1170. The minimum absolute atomic E-state index is 0.241. The van der Waals surface area contributed by atoms with Crippen LogP contribution >= 0.6 is 22.9 Å². The van der Waals surface area contributed by atoms with Crippen LogP contribution in [0.2, 0.25) is 5.02 Å². The molecule has 1 fully saturated rings. The maximum absolute atomic E-state index is 15.6. The molecule has 6 heteroatoms. The van der Waals surface area contributed by atoms with Crippen LogP contribution in [0.5, 0.6) is 0 Å². The lowest BCUT2D eigenvalue weighted by molar-refractivity contribution is 0.619. The fourth-order valence-corrected chi connectivity index (χ4v) is 4.88. The van der Waals surface area contributed by atoms with E-state index >= 15 is 4.39 Å². The van der Waals surface area contributed by atoms with Crippen molar-refractivity contribution in [2.24, 2.45) is 0 Å². The van der Waals surface area contributed by atoms with Crippen molar-refractivity contribution in [3.63, 3.8) is 0 Å². The topological polar surface area (TPSA) is 29.0 Å². The van der Waals surface area contributed by atoms with Crippen molar-refractivity contribution in [2.45, 2.75) is 19.3 Å². The lowest BCUT2D eigenvalue weighted by atomic mass is 9.97. The summed E-state index contributed by atoms with van der Waals surface area (Å²) in [5, 5.41) is 0.581. The van der Waals surface area contributed by atoms with Crippen LogP contribution in [0.15, 0.2) is 54.2 Å². The van der Waals surface area contributed by atoms with Crippen LogP contribution in [0.3, 0.4) is 0 Å². The number of rotatable bonds is 4. The van der Waals surface area contributed by atoms with Gasteiger partial charge in [-0.3, -0.25) is 0 Å². The standard InChI is InChI=1S/C23H19ClFN3S/c24-18-5-3-4-16(11-18)21-22(25)17(12-19-23(21)27-14-29-19)10-15-6-7-20(26-13-15)28-8-1-2-9-28/h3-7,11-14H,1-2,8-10H2. The van der Waals surface area contributed by atoms with E-state index in [-0.39, 0.29) is 5.82 Å². The predicted octanol–water partition coefficient (Wildman–Crippen LogP) is 6.34. The summed E-state index contributed by atoms with van der Waals surface area (Å²) in [5.74, 6) is 0.763. The average Bonchev–Trinajstić information content (AvgIpc) is 3.41. The maximum Gasteiger partial charge on any atom is 0.136 e. The van der Waals surface area contributed by atoms with E-state index in [0.29, 0.717) is 28.1 Å². The van der Waals surface area contributed by atoms with Crippen molar-refractivity contribution < 1.29 is 4.39 Å². The highest BCUT2D eigenvalue weighted by molar-refractivity contribution is 7.16. The second-order valence-electron chi connectivity index (χ2n) is 7.33. The number of hydrogen-bond acceptors (Lipinski definition) is 4. The molecule has 0 amide bonds. The molecule has 1 saturated heterocycles. The first-order chi connectivity index (χ1) is 14.2. The van der Waals surface area contributed by atoms with Gasteiger partial charge in [-0.2, -0.15) is 0 Å². The number of fused-ring (bicyclic) bond motifs is 1. The molecule has 0 atom stereocenters. The average molecular weight is 424 g/mol. The third-order valence-electron chi connectivity index (χ3n) is 5.39. The van der Waals surface area contributed by atoms with Gasteiger partial charge in [0.05, 0.1) is 15.7 Å². The highest BCUT2D eigenvalue weighted by Crippen LogP contribution is 2.36. The Kier molecular flexibility index (Phi) is 4.94. The Balaban J connectivity index is 1.53. The van der Waals surface area contributed by atoms with Gasteiger partial charge >= 0.3 is 0 Å². The van der Waals surface area contributed by atoms with E-state index in [1.54, 1.807) is 17.6 Å². The van der Waals surface area contributed by atoms with E-state index in [4.69, 9.17) is 11.6 Å². The summed E-state index contributed by atoms with van der Waals surface area (Å²) in [5.41, 5.74) is 5.34. The summed E-state index contributed by atoms with van der Waals surface area (Å²) in [6, 6.07) is 13.3. The molecule has 2 aromatic heterocycles. The van der Waals surface area contributed by atoms with E-state index in [1.807, 2.05) is 30.5 Å². The zero-order valence-electron chi connectivity index (χ0n) is 15.7. The number of halogens is 2. The number of benzene rings is 2. The van der Waals surface area contributed by atoms with Crippen molar-refractivity contribution in [1.82, 2.24) is 9.97 Å². The van der Waals surface area contributed by atoms with Gasteiger partial charge in [0, 0.05) is 36.3 Å². The van der Waals surface area contributed by atoms with Gasteiger partial charge in [0.15, 0.2) is 0 Å². The molecule has 0 radical (unpaired) electrons. The molecule has 0 bridgehead atoms. The van der Waals surface area contributed by atoms with Crippen molar-refractivity contribution >= 4 is 39.0 Å². The van der Waals surface area contributed by atoms with Gasteiger partial charge in [0.2, 0.25) is 0 Å². The molecule has 0 saturated carbocycles. The van der Waals surface area contributed by atoms with Gasteiger partial charge in [-0.25, -0.2) is 14.4 Å². The number of anilines is 1. The summed E-state index contributed by atoms with van der Waals surface area (Å²) in [4.78, 5) is 11.3. The Labute approximate surface area is 177 Å². The number of hydrogen-bond donors (Lipinski definition) is 0. The second kappa shape index (κ2) is 7.73. The molecular formula is C23H19ClFN3S. The first-order valence-corrected chi connectivity index (χ1v) is 11.0. The molecule has 3 heterocycles. The highest BCUT2D eigenvalue weighted by atomic mass is 35.5. The van der Waals surface area contributed by atoms with Crippen molar-refractivity contribution in [3.8, 4) is 11.1 Å². The Morgan fingerprint density at radius 3 is 2.69 bits per heavy atom. The quantitative estimate of drug-likeness (QED) is 0.383. The number of aromatic nitrogens is 2. The largest absolute Gasteiger partial charge is 0.357 e.